The number of hydrogen-bond acceptors (Lipinski definition) is 3. The first-order chi connectivity index (χ1) is 7.15. The van der Waals surface area contributed by atoms with Crippen LogP contribution in [0.4, 0.5) is 0 Å². The second-order valence-electron chi connectivity index (χ2n) is 4.06. The molecular weight excluding hydrogens is 231 g/mol. The minimum Gasteiger partial charge on any atom is -0.550 e. The van der Waals surface area contributed by atoms with Crippen molar-refractivity contribution in [3.8, 4) is 0 Å². The molecule has 0 unspecified atom stereocenters. The summed E-state index contributed by atoms with van der Waals surface area (Å²) in [6.45, 7) is 2.03. The molecule has 0 heterocycles. The molecule has 2 atom stereocenters. The van der Waals surface area contributed by atoms with E-state index in [2.05, 4.69) is 0 Å². The number of rotatable bonds is 5. The van der Waals surface area contributed by atoms with Gasteiger partial charge in [0.2, 0.25) is 0 Å². The predicted molar refractivity (Wildman–Crippen MR) is 54.9 cm³/mol. The third-order valence-corrected chi connectivity index (χ3v) is 2.97. The Hall–Kier alpha value is 0.516. The standard InChI is InChI=1S/C12H18O3.K/c1-2-3-4-5-10-9(8-12(14)15)6-7-11(10)13;/h3-4,9-10H,2,5-8H2,1H3,(H,14,15);/q;+1/p-1/b4-3+;/t9-,10-;/m1./s1. The molecule has 0 bridgehead atoms. The van der Waals surface area contributed by atoms with Crippen molar-refractivity contribution in [1.29, 1.82) is 0 Å². The van der Waals surface area contributed by atoms with Crippen LogP contribution in [0.15, 0.2) is 12.2 Å². The van der Waals surface area contributed by atoms with Crippen LogP contribution in [0.3, 0.4) is 0 Å². The van der Waals surface area contributed by atoms with Crippen LogP contribution in [0, 0.1) is 11.8 Å². The number of Topliss-reactive ketones (excluding diaryl/α,β-unsaturated/α-hetero) is 1. The fraction of sp³-hybridized carbons (Fsp3) is 0.667. The van der Waals surface area contributed by atoms with Gasteiger partial charge in [-0.3, -0.25) is 4.79 Å². The average Bonchev–Trinajstić information content (AvgIpc) is 2.49. The van der Waals surface area contributed by atoms with Gasteiger partial charge in [0, 0.05) is 18.3 Å². The Balaban J connectivity index is 0.00000225. The van der Waals surface area contributed by atoms with E-state index in [1.165, 1.54) is 0 Å². The zero-order valence-electron chi connectivity index (χ0n) is 10.1. The summed E-state index contributed by atoms with van der Waals surface area (Å²) >= 11 is 0. The predicted octanol–water partition coefficient (Wildman–Crippen LogP) is -1.92. The SMILES string of the molecule is CC/C=C/C[C@H]1C(=O)CC[C@@H]1CC(=O)[O-].[K+]. The maximum absolute atomic E-state index is 11.5. The van der Waals surface area contributed by atoms with Gasteiger partial charge in [-0.1, -0.05) is 19.1 Å². The van der Waals surface area contributed by atoms with E-state index >= 15 is 0 Å². The van der Waals surface area contributed by atoms with E-state index < -0.39 is 5.97 Å². The number of ketones is 1. The van der Waals surface area contributed by atoms with E-state index in [9.17, 15) is 14.7 Å². The third-order valence-electron chi connectivity index (χ3n) is 2.97. The molecule has 0 amide bonds. The summed E-state index contributed by atoms with van der Waals surface area (Å²) in [5, 5.41) is 10.5. The molecule has 3 nitrogen and oxygen atoms in total. The molecule has 1 saturated carbocycles. The van der Waals surface area contributed by atoms with Crippen molar-refractivity contribution in [3.05, 3.63) is 12.2 Å². The van der Waals surface area contributed by atoms with E-state index in [0.29, 0.717) is 19.3 Å². The molecule has 16 heavy (non-hydrogen) atoms. The molecule has 0 saturated heterocycles. The van der Waals surface area contributed by atoms with Crippen molar-refractivity contribution in [1.82, 2.24) is 0 Å². The van der Waals surface area contributed by atoms with E-state index in [1.54, 1.807) is 0 Å². The Morgan fingerprint density at radius 1 is 1.50 bits per heavy atom. The quantitative estimate of drug-likeness (QED) is 0.421. The Bertz CT molecular complexity index is 273. The molecule has 0 spiro atoms. The summed E-state index contributed by atoms with van der Waals surface area (Å²) in [4.78, 5) is 22.0. The smallest absolute Gasteiger partial charge is 0.550 e. The van der Waals surface area contributed by atoms with E-state index in [0.717, 1.165) is 6.42 Å². The molecule has 0 N–H and O–H groups in total. The van der Waals surface area contributed by atoms with Crippen LogP contribution >= 0.6 is 0 Å². The van der Waals surface area contributed by atoms with E-state index in [4.69, 9.17) is 0 Å². The van der Waals surface area contributed by atoms with Gasteiger partial charge < -0.3 is 9.90 Å². The number of carboxylic acid groups (broad SMARTS) is 1. The van der Waals surface area contributed by atoms with Gasteiger partial charge in [0.05, 0.1) is 0 Å². The largest absolute Gasteiger partial charge is 1.00 e. The molecule has 0 radical (unpaired) electrons. The number of carbonyl (C=O) groups excluding carboxylic acids is 2. The molecule has 1 aliphatic carbocycles. The van der Waals surface area contributed by atoms with Crippen LogP contribution in [0.5, 0.6) is 0 Å². The van der Waals surface area contributed by atoms with Crippen molar-refractivity contribution in [2.75, 3.05) is 0 Å². The van der Waals surface area contributed by atoms with Gasteiger partial charge in [0.25, 0.3) is 0 Å². The number of hydrogen-bond donors (Lipinski definition) is 0. The molecule has 0 aromatic rings. The normalized spacial score (nSPS) is 24.7. The molecule has 1 fully saturated rings. The van der Waals surface area contributed by atoms with Gasteiger partial charge >= 0.3 is 51.4 Å². The molecule has 0 aromatic carbocycles. The van der Waals surface area contributed by atoms with Gasteiger partial charge in [-0.05, 0) is 31.6 Å². The number of allylic oxidation sites excluding steroid dienone is 2. The van der Waals surface area contributed by atoms with Crippen LogP contribution in [-0.4, -0.2) is 11.8 Å². The van der Waals surface area contributed by atoms with E-state index in [-0.39, 0.29) is 75.4 Å². The van der Waals surface area contributed by atoms with Gasteiger partial charge in [-0.15, -0.1) is 0 Å². The first-order valence-corrected chi connectivity index (χ1v) is 5.52. The zero-order chi connectivity index (χ0) is 11.3. The average molecular weight is 248 g/mol. The number of carbonyl (C=O) groups is 2. The minimum atomic E-state index is -1.04. The van der Waals surface area contributed by atoms with Crippen molar-refractivity contribution in [3.63, 3.8) is 0 Å². The molecule has 0 aromatic heterocycles. The molecule has 1 aliphatic rings. The summed E-state index contributed by atoms with van der Waals surface area (Å²) < 4.78 is 0. The first kappa shape index (κ1) is 16.5. The van der Waals surface area contributed by atoms with Crippen molar-refractivity contribution < 1.29 is 66.1 Å². The second-order valence-corrected chi connectivity index (χ2v) is 4.06. The van der Waals surface area contributed by atoms with Gasteiger partial charge in [-0.25, -0.2) is 0 Å². The van der Waals surface area contributed by atoms with Gasteiger partial charge in [0.1, 0.15) is 5.78 Å². The summed E-state index contributed by atoms with van der Waals surface area (Å²) in [6.07, 6.45) is 6.89. The van der Waals surface area contributed by atoms with Crippen molar-refractivity contribution >= 4 is 11.8 Å². The summed E-state index contributed by atoms with van der Waals surface area (Å²) in [5.74, 6) is -0.934. The number of carboxylic acids is 1. The molecule has 4 heteroatoms. The van der Waals surface area contributed by atoms with Crippen LogP contribution in [-0.2, 0) is 9.59 Å². The second kappa shape index (κ2) is 8.58. The van der Waals surface area contributed by atoms with Crippen molar-refractivity contribution in [2.45, 2.75) is 39.0 Å². The van der Waals surface area contributed by atoms with Crippen LogP contribution < -0.4 is 56.5 Å². The fourth-order valence-corrected chi connectivity index (χ4v) is 2.17. The van der Waals surface area contributed by atoms with Crippen LogP contribution in [0.2, 0.25) is 0 Å². The topological polar surface area (TPSA) is 57.2 Å². The minimum absolute atomic E-state index is 0. The summed E-state index contributed by atoms with van der Waals surface area (Å²) in [7, 11) is 0. The van der Waals surface area contributed by atoms with Gasteiger partial charge in [0.15, 0.2) is 0 Å². The van der Waals surface area contributed by atoms with Gasteiger partial charge in [-0.2, -0.15) is 0 Å². The molecule has 84 valence electrons. The van der Waals surface area contributed by atoms with E-state index in [1.807, 2.05) is 19.1 Å². The van der Waals surface area contributed by atoms with Crippen molar-refractivity contribution in [2.24, 2.45) is 11.8 Å². The third kappa shape index (κ3) is 5.23. The Morgan fingerprint density at radius 3 is 2.75 bits per heavy atom. The fourth-order valence-electron chi connectivity index (χ4n) is 2.17. The Labute approximate surface area is 139 Å². The molecule has 0 aliphatic heterocycles. The van der Waals surface area contributed by atoms with Crippen LogP contribution in [0.25, 0.3) is 0 Å². The summed E-state index contributed by atoms with van der Waals surface area (Å²) in [5.41, 5.74) is 0. The Kier molecular flexibility index (Phi) is 8.86. The Morgan fingerprint density at radius 2 is 2.19 bits per heavy atom. The maximum atomic E-state index is 11.5. The monoisotopic (exact) mass is 248 g/mol. The molecule has 1 rings (SSSR count). The van der Waals surface area contributed by atoms with Crippen LogP contribution in [0.1, 0.15) is 39.0 Å². The molecular formula is C12H17KO3. The maximum Gasteiger partial charge on any atom is 1.00 e. The first-order valence-electron chi connectivity index (χ1n) is 5.52. The number of aliphatic carboxylic acids is 1. The summed E-state index contributed by atoms with van der Waals surface area (Å²) in [6, 6.07) is 0. The zero-order valence-corrected chi connectivity index (χ0v) is 13.2.